The van der Waals surface area contributed by atoms with Gasteiger partial charge < -0.3 is 5.73 Å². The van der Waals surface area contributed by atoms with Crippen molar-refractivity contribution in [1.29, 1.82) is 0 Å². The second-order valence-corrected chi connectivity index (χ2v) is 4.39. The maximum absolute atomic E-state index is 5.68. The van der Waals surface area contributed by atoms with Crippen molar-refractivity contribution in [3.63, 3.8) is 0 Å². The molecule has 0 amide bonds. The van der Waals surface area contributed by atoms with Crippen LogP contribution < -0.4 is 5.73 Å². The van der Waals surface area contributed by atoms with Gasteiger partial charge in [-0.15, -0.1) is 0 Å². The standard InChI is InChI=1S/C12H20N2/c13-9-11-4-3-5-12(8-11)10-14-6-1-2-7-14/h3-5,11H,1-2,6-10,13H2. The van der Waals surface area contributed by atoms with E-state index >= 15 is 0 Å². The molecule has 1 aliphatic heterocycles. The summed E-state index contributed by atoms with van der Waals surface area (Å²) in [7, 11) is 0. The number of rotatable bonds is 3. The molecular formula is C12H20N2. The molecule has 1 atom stereocenters. The Morgan fingerprint density at radius 2 is 2.14 bits per heavy atom. The summed E-state index contributed by atoms with van der Waals surface area (Å²) in [5.74, 6) is 0.581. The molecular weight excluding hydrogens is 172 g/mol. The van der Waals surface area contributed by atoms with Gasteiger partial charge in [-0.05, 0) is 44.8 Å². The van der Waals surface area contributed by atoms with Crippen molar-refractivity contribution in [3.8, 4) is 0 Å². The Bertz CT molecular complexity index is 237. The Morgan fingerprint density at radius 3 is 2.86 bits per heavy atom. The largest absolute Gasteiger partial charge is 0.330 e. The Hall–Kier alpha value is -0.600. The zero-order valence-electron chi connectivity index (χ0n) is 8.78. The van der Waals surface area contributed by atoms with Gasteiger partial charge in [-0.3, -0.25) is 4.90 Å². The monoisotopic (exact) mass is 192 g/mol. The van der Waals surface area contributed by atoms with Crippen molar-refractivity contribution in [1.82, 2.24) is 4.90 Å². The maximum Gasteiger partial charge on any atom is 0.0196 e. The molecule has 78 valence electrons. The molecule has 0 saturated carbocycles. The third-order valence-corrected chi connectivity index (χ3v) is 3.17. The number of nitrogens with zero attached hydrogens (tertiary/aromatic N) is 1. The van der Waals surface area contributed by atoms with E-state index in [9.17, 15) is 0 Å². The van der Waals surface area contributed by atoms with Gasteiger partial charge in [0.05, 0.1) is 0 Å². The van der Waals surface area contributed by atoms with Crippen LogP contribution in [0.25, 0.3) is 0 Å². The van der Waals surface area contributed by atoms with E-state index in [-0.39, 0.29) is 0 Å². The molecule has 1 aliphatic carbocycles. The topological polar surface area (TPSA) is 29.3 Å². The second-order valence-electron chi connectivity index (χ2n) is 4.39. The first-order valence-electron chi connectivity index (χ1n) is 5.67. The molecule has 0 aromatic carbocycles. The molecule has 0 bridgehead atoms. The summed E-state index contributed by atoms with van der Waals surface area (Å²) in [6, 6.07) is 0. The molecule has 1 fully saturated rings. The predicted octanol–water partition coefficient (Wildman–Crippen LogP) is 1.54. The zero-order valence-corrected chi connectivity index (χ0v) is 8.78. The SMILES string of the molecule is NCC1C=CC=C(CN2CCCC2)C1. The minimum absolute atomic E-state index is 0.581. The number of nitrogens with two attached hydrogens (primary N) is 1. The molecule has 0 radical (unpaired) electrons. The molecule has 0 aromatic rings. The first-order chi connectivity index (χ1) is 6.88. The van der Waals surface area contributed by atoms with Gasteiger partial charge in [0.1, 0.15) is 0 Å². The molecule has 1 unspecified atom stereocenters. The summed E-state index contributed by atoms with van der Waals surface area (Å²) in [6.45, 7) is 4.53. The lowest BCUT2D eigenvalue weighted by Crippen LogP contribution is -2.24. The van der Waals surface area contributed by atoms with Crippen molar-refractivity contribution in [2.45, 2.75) is 19.3 Å². The smallest absolute Gasteiger partial charge is 0.0196 e. The van der Waals surface area contributed by atoms with Crippen LogP contribution in [0.5, 0.6) is 0 Å². The third kappa shape index (κ3) is 2.46. The molecule has 0 spiro atoms. The highest BCUT2D eigenvalue weighted by Gasteiger charge is 2.15. The molecule has 2 rings (SSSR count). The maximum atomic E-state index is 5.68. The van der Waals surface area contributed by atoms with Gasteiger partial charge in [-0.1, -0.05) is 23.8 Å². The Labute approximate surface area is 86.5 Å². The lowest BCUT2D eigenvalue weighted by Gasteiger charge is -2.21. The number of likely N-dealkylation sites (tertiary alicyclic amines) is 1. The van der Waals surface area contributed by atoms with Crippen LogP contribution in [0.4, 0.5) is 0 Å². The van der Waals surface area contributed by atoms with E-state index in [1.54, 1.807) is 5.57 Å². The van der Waals surface area contributed by atoms with Crippen LogP contribution in [-0.2, 0) is 0 Å². The van der Waals surface area contributed by atoms with Crippen molar-refractivity contribution in [2.24, 2.45) is 11.7 Å². The highest BCUT2D eigenvalue weighted by atomic mass is 15.1. The van der Waals surface area contributed by atoms with E-state index in [0.29, 0.717) is 5.92 Å². The van der Waals surface area contributed by atoms with Crippen molar-refractivity contribution >= 4 is 0 Å². The van der Waals surface area contributed by atoms with Crippen molar-refractivity contribution in [3.05, 3.63) is 23.8 Å². The molecule has 14 heavy (non-hydrogen) atoms. The molecule has 2 aliphatic rings. The third-order valence-electron chi connectivity index (χ3n) is 3.17. The second kappa shape index (κ2) is 4.76. The Kier molecular flexibility index (Phi) is 3.38. The number of hydrogen-bond acceptors (Lipinski definition) is 2. The zero-order chi connectivity index (χ0) is 9.80. The summed E-state index contributed by atoms with van der Waals surface area (Å²) >= 11 is 0. The summed E-state index contributed by atoms with van der Waals surface area (Å²) in [5, 5.41) is 0. The van der Waals surface area contributed by atoms with E-state index in [4.69, 9.17) is 5.73 Å². The normalized spacial score (nSPS) is 28.1. The lowest BCUT2D eigenvalue weighted by atomic mass is 9.94. The summed E-state index contributed by atoms with van der Waals surface area (Å²) < 4.78 is 0. The minimum Gasteiger partial charge on any atom is -0.330 e. The molecule has 1 heterocycles. The highest BCUT2D eigenvalue weighted by molar-refractivity contribution is 5.21. The molecule has 1 saturated heterocycles. The van der Waals surface area contributed by atoms with Gasteiger partial charge in [0.15, 0.2) is 0 Å². The minimum atomic E-state index is 0.581. The van der Waals surface area contributed by atoms with Gasteiger partial charge in [-0.25, -0.2) is 0 Å². The fourth-order valence-corrected chi connectivity index (χ4v) is 2.33. The quantitative estimate of drug-likeness (QED) is 0.735. The first-order valence-corrected chi connectivity index (χ1v) is 5.67. The fourth-order valence-electron chi connectivity index (χ4n) is 2.33. The summed E-state index contributed by atoms with van der Waals surface area (Å²) in [5.41, 5.74) is 7.24. The van der Waals surface area contributed by atoms with Crippen LogP contribution in [0.15, 0.2) is 23.8 Å². The van der Waals surface area contributed by atoms with Crippen molar-refractivity contribution < 1.29 is 0 Å². The van der Waals surface area contributed by atoms with Gasteiger partial charge in [0.25, 0.3) is 0 Å². The van der Waals surface area contributed by atoms with E-state index in [1.807, 2.05) is 0 Å². The lowest BCUT2D eigenvalue weighted by molar-refractivity contribution is 0.360. The van der Waals surface area contributed by atoms with Gasteiger partial charge in [0.2, 0.25) is 0 Å². The fraction of sp³-hybridized carbons (Fsp3) is 0.667. The van der Waals surface area contributed by atoms with Crippen LogP contribution in [0, 0.1) is 5.92 Å². The van der Waals surface area contributed by atoms with E-state index in [2.05, 4.69) is 23.1 Å². The van der Waals surface area contributed by atoms with E-state index in [1.165, 1.54) is 38.9 Å². The average molecular weight is 192 g/mol. The van der Waals surface area contributed by atoms with Crippen LogP contribution in [0.1, 0.15) is 19.3 Å². The van der Waals surface area contributed by atoms with Gasteiger partial charge >= 0.3 is 0 Å². The van der Waals surface area contributed by atoms with Crippen LogP contribution >= 0.6 is 0 Å². The molecule has 2 heteroatoms. The first kappa shape index (κ1) is 9.94. The summed E-state index contributed by atoms with van der Waals surface area (Å²) in [6.07, 6.45) is 10.6. The number of allylic oxidation sites excluding steroid dienone is 2. The van der Waals surface area contributed by atoms with E-state index in [0.717, 1.165) is 6.54 Å². The highest BCUT2D eigenvalue weighted by Crippen LogP contribution is 2.20. The van der Waals surface area contributed by atoms with E-state index < -0.39 is 0 Å². The van der Waals surface area contributed by atoms with Crippen LogP contribution in [0.2, 0.25) is 0 Å². The number of hydrogen-bond donors (Lipinski definition) is 1. The molecule has 2 nitrogen and oxygen atoms in total. The van der Waals surface area contributed by atoms with Crippen LogP contribution in [-0.4, -0.2) is 31.1 Å². The molecule has 2 N–H and O–H groups in total. The Balaban J connectivity index is 1.85. The van der Waals surface area contributed by atoms with Gasteiger partial charge in [0, 0.05) is 6.54 Å². The molecule has 0 aromatic heterocycles. The van der Waals surface area contributed by atoms with Crippen LogP contribution in [0.3, 0.4) is 0 Å². The van der Waals surface area contributed by atoms with Crippen molar-refractivity contribution in [2.75, 3.05) is 26.2 Å². The van der Waals surface area contributed by atoms with Gasteiger partial charge in [-0.2, -0.15) is 0 Å². The Morgan fingerprint density at radius 1 is 1.36 bits per heavy atom. The summed E-state index contributed by atoms with van der Waals surface area (Å²) in [4.78, 5) is 2.55. The predicted molar refractivity (Wildman–Crippen MR) is 60.1 cm³/mol. The average Bonchev–Trinajstić information content (AvgIpc) is 2.71.